The van der Waals surface area contributed by atoms with Crippen molar-refractivity contribution < 1.29 is 23.1 Å². The van der Waals surface area contributed by atoms with Crippen LogP contribution in [0.2, 0.25) is 0 Å². The van der Waals surface area contributed by atoms with Crippen LogP contribution in [-0.4, -0.2) is 11.1 Å². The number of carboxylic acids is 1. The van der Waals surface area contributed by atoms with Crippen LogP contribution in [0.4, 0.5) is 13.2 Å². The molecule has 0 aliphatic rings. The van der Waals surface area contributed by atoms with Gasteiger partial charge in [0.2, 0.25) is 0 Å². The zero-order chi connectivity index (χ0) is 13.3. The van der Waals surface area contributed by atoms with Crippen LogP contribution in [0.5, 0.6) is 0 Å². The lowest BCUT2D eigenvalue weighted by molar-refractivity contribution is -0.139. The second kappa shape index (κ2) is 4.33. The van der Waals surface area contributed by atoms with Crippen molar-refractivity contribution in [3.05, 3.63) is 47.5 Å². The molecule has 0 unspecified atom stereocenters. The first-order valence-electron chi connectivity index (χ1n) is 5.19. The Kier molecular flexibility index (Phi) is 2.98. The van der Waals surface area contributed by atoms with E-state index in [1.807, 2.05) is 0 Å². The van der Waals surface area contributed by atoms with Gasteiger partial charge in [-0.2, -0.15) is 13.2 Å². The summed E-state index contributed by atoms with van der Waals surface area (Å²) in [6.45, 7) is 0. The third kappa shape index (κ3) is 2.30. The molecule has 2 aromatic carbocycles. The van der Waals surface area contributed by atoms with Crippen LogP contribution < -0.4 is 0 Å². The molecular formula is C13H9F3O2. The second-order valence-corrected chi connectivity index (χ2v) is 3.88. The third-order valence-corrected chi connectivity index (χ3v) is 2.67. The van der Waals surface area contributed by atoms with E-state index in [-0.39, 0.29) is 5.56 Å². The Balaban J connectivity index is 2.75. The topological polar surface area (TPSA) is 37.3 Å². The zero-order valence-electron chi connectivity index (χ0n) is 9.16. The number of hydrogen-bond acceptors (Lipinski definition) is 1. The van der Waals surface area contributed by atoms with E-state index in [1.54, 1.807) is 18.2 Å². The second-order valence-electron chi connectivity index (χ2n) is 3.88. The fourth-order valence-corrected chi connectivity index (χ4v) is 1.94. The van der Waals surface area contributed by atoms with Crippen molar-refractivity contribution in [2.45, 2.75) is 12.6 Å². The van der Waals surface area contributed by atoms with Gasteiger partial charge in [0.1, 0.15) is 0 Å². The number of carbonyl (C=O) groups is 1. The van der Waals surface area contributed by atoms with Gasteiger partial charge in [-0.15, -0.1) is 0 Å². The molecule has 0 aliphatic carbocycles. The van der Waals surface area contributed by atoms with Crippen molar-refractivity contribution in [2.24, 2.45) is 0 Å². The number of halogens is 3. The van der Waals surface area contributed by atoms with Crippen molar-refractivity contribution in [1.82, 2.24) is 0 Å². The predicted octanol–water partition coefficient (Wildman–Crippen LogP) is 3.49. The largest absolute Gasteiger partial charge is 0.481 e. The minimum Gasteiger partial charge on any atom is -0.481 e. The van der Waals surface area contributed by atoms with Gasteiger partial charge in [0, 0.05) is 0 Å². The summed E-state index contributed by atoms with van der Waals surface area (Å²) >= 11 is 0. The molecule has 94 valence electrons. The molecule has 0 heterocycles. The molecule has 0 spiro atoms. The van der Waals surface area contributed by atoms with Crippen LogP contribution in [-0.2, 0) is 17.4 Å². The van der Waals surface area contributed by atoms with Gasteiger partial charge in [-0.3, -0.25) is 4.79 Å². The van der Waals surface area contributed by atoms with Crippen LogP contribution >= 0.6 is 0 Å². The summed E-state index contributed by atoms with van der Waals surface area (Å²) in [5.74, 6) is -1.28. The predicted molar refractivity (Wildman–Crippen MR) is 60.3 cm³/mol. The van der Waals surface area contributed by atoms with Crippen molar-refractivity contribution >= 4 is 16.7 Å². The summed E-state index contributed by atoms with van der Waals surface area (Å²) in [6, 6.07) is 8.72. The Bertz CT molecular complexity index is 603. The minimum atomic E-state index is -4.55. The van der Waals surface area contributed by atoms with Gasteiger partial charge >= 0.3 is 12.1 Å². The highest BCUT2D eigenvalue weighted by Gasteiger charge is 2.34. The van der Waals surface area contributed by atoms with Crippen molar-refractivity contribution in [3.63, 3.8) is 0 Å². The number of rotatable bonds is 2. The molecule has 0 atom stereocenters. The summed E-state index contributed by atoms with van der Waals surface area (Å²) in [5, 5.41) is 9.68. The first-order valence-corrected chi connectivity index (χ1v) is 5.19. The van der Waals surface area contributed by atoms with E-state index >= 15 is 0 Å². The molecule has 2 rings (SSSR count). The van der Waals surface area contributed by atoms with Crippen molar-refractivity contribution in [1.29, 1.82) is 0 Å². The first-order chi connectivity index (χ1) is 8.39. The van der Waals surface area contributed by atoms with Gasteiger partial charge in [0.25, 0.3) is 0 Å². The van der Waals surface area contributed by atoms with Gasteiger partial charge in [-0.05, 0) is 22.4 Å². The summed E-state index contributed by atoms with van der Waals surface area (Å²) < 4.78 is 38.5. The van der Waals surface area contributed by atoms with E-state index in [2.05, 4.69) is 0 Å². The maximum Gasteiger partial charge on any atom is 0.416 e. The van der Waals surface area contributed by atoms with Gasteiger partial charge < -0.3 is 5.11 Å². The highest BCUT2D eigenvalue weighted by molar-refractivity contribution is 5.90. The lowest BCUT2D eigenvalue weighted by Crippen LogP contribution is -2.12. The normalized spacial score (nSPS) is 11.7. The van der Waals surface area contributed by atoms with Crippen LogP contribution in [0.25, 0.3) is 10.8 Å². The summed E-state index contributed by atoms with van der Waals surface area (Å²) in [4.78, 5) is 10.7. The maximum atomic E-state index is 12.8. The Morgan fingerprint density at radius 1 is 1.11 bits per heavy atom. The smallest absolute Gasteiger partial charge is 0.416 e. The molecule has 0 radical (unpaired) electrons. The monoisotopic (exact) mass is 254 g/mol. The number of carboxylic acid groups (broad SMARTS) is 1. The van der Waals surface area contributed by atoms with E-state index in [9.17, 15) is 18.0 Å². The van der Waals surface area contributed by atoms with Gasteiger partial charge in [-0.25, -0.2) is 0 Å². The van der Waals surface area contributed by atoms with Gasteiger partial charge in [-0.1, -0.05) is 30.3 Å². The van der Waals surface area contributed by atoms with E-state index in [0.717, 1.165) is 6.07 Å². The molecule has 18 heavy (non-hydrogen) atoms. The van der Waals surface area contributed by atoms with E-state index in [0.29, 0.717) is 10.8 Å². The van der Waals surface area contributed by atoms with Crippen LogP contribution in [0.3, 0.4) is 0 Å². The van der Waals surface area contributed by atoms with Crippen LogP contribution in [0.15, 0.2) is 36.4 Å². The highest BCUT2D eigenvalue weighted by atomic mass is 19.4. The average molecular weight is 254 g/mol. The molecule has 0 aliphatic heterocycles. The fourth-order valence-electron chi connectivity index (χ4n) is 1.94. The summed E-state index contributed by atoms with van der Waals surface area (Å²) in [7, 11) is 0. The van der Waals surface area contributed by atoms with E-state index < -0.39 is 24.1 Å². The first kappa shape index (κ1) is 12.4. The maximum absolute atomic E-state index is 12.8. The molecule has 0 aromatic heterocycles. The molecule has 5 heteroatoms. The molecule has 0 saturated heterocycles. The number of fused-ring (bicyclic) bond motifs is 1. The number of alkyl halides is 3. The molecule has 0 amide bonds. The molecule has 0 saturated carbocycles. The summed E-state index contributed by atoms with van der Waals surface area (Å²) in [5.41, 5.74) is -1.07. The molecule has 2 aromatic rings. The minimum absolute atomic E-state index is 0.187. The quantitative estimate of drug-likeness (QED) is 0.890. The average Bonchev–Trinajstić information content (AvgIpc) is 2.27. The molecule has 0 fully saturated rings. The third-order valence-electron chi connectivity index (χ3n) is 2.67. The Labute approximate surface area is 101 Å². The SMILES string of the molecule is O=C(O)Cc1c(C(F)(F)F)ccc2ccccc12. The van der Waals surface area contributed by atoms with Crippen molar-refractivity contribution in [3.8, 4) is 0 Å². The van der Waals surface area contributed by atoms with Crippen molar-refractivity contribution in [2.75, 3.05) is 0 Å². The standard InChI is InChI=1S/C13H9F3O2/c14-13(15,16)11-6-5-8-3-1-2-4-9(8)10(11)7-12(17)18/h1-6H,7H2,(H,17,18). The molecule has 2 nitrogen and oxygen atoms in total. The molecular weight excluding hydrogens is 245 g/mol. The Hall–Kier alpha value is -2.04. The highest BCUT2D eigenvalue weighted by Crippen LogP contribution is 2.35. The lowest BCUT2D eigenvalue weighted by atomic mass is 9.96. The molecule has 0 bridgehead atoms. The molecule has 1 N–H and O–H groups in total. The van der Waals surface area contributed by atoms with Crippen LogP contribution in [0.1, 0.15) is 11.1 Å². The zero-order valence-corrected chi connectivity index (χ0v) is 9.16. The lowest BCUT2D eigenvalue weighted by Gasteiger charge is -2.14. The van der Waals surface area contributed by atoms with Crippen LogP contribution in [0, 0.1) is 0 Å². The van der Waals surface area contributed by atoms with E-state index in [4.69, 9.17) is 5.11 Å². The Morgan fingerprint density at radius 3 is 2.39 bits per heavy atom. The number of benzene rings is 2. The Morgan fingerprint density at radius 2 is 1.78 bits per heavy atom. The number of hydrogen-bond donors (Lipinski definition) is 1. The van der Waals surface area contributed by atoms with Gasteiger partial charge in [0.05, 0.1) is 12.0 Å². The summed E-state index contributed by atoms with van der Waals surface area (Å²) in [6.07, 6.45) is -5.19. The van der Waals surface area contributed by atoms with Gasteiger partial charge in [0.15, 0.2) is 0 Å². The number of aliphatic carboxylic acids is 1. The fraction of sp³-hybridized carbons (Fsp3) is 0.154. The van der Waals surface area contributed by atoms with E-state index in [1.165, 1.54) is 12.1 Å².